The van der Waals surface area contributed by atoms with Gasteiger partial charge in [0.1, 0.15) is 23.1 Å². The highest BCUT2D eigenvalue weighted by Gasteiger charge is 2.21. The van der Waals surface area contributed by atoms with Crippen molar-refractivity contribution in [3.63, 3.8) is 0 Å². The van der Waals surface area contributed by atoms with Crippen molar-refractivity contribution in [3.8, 4) is 23.0 Å². The van der Waals surface area contributed by atoms with Crippen LogP contribution in [0.3, 0.4) is 0 Å². The zero-order valence-electron chi connectivity index (χ0n) is 17.2. The molecule has 0 fully saturated rings. The standard InChI is InChI=1S/C25H17FN4O3/c26-19-12-10-17(11-13-19)24-21(15-30(29-24)20-7-2-1-3-8-20)25(32)33-16-23(31)28-22-9-5-4-6-18(22)14-27/h1-13,15H,16H2,(H,28,31). The number of ether oxygens (including phenoxy) is 1. The molecule has 7 nitrogen and oxygen atoms in total. The second kappa shape index (κ2) is 9.58. The molecule has 0 atom stereocenters. The Labute approximate surface area is 188 Å². The zero-order valence-corrected chi connectivity index (χ0v) is 17.2. The Morgan fingerprint density at radius 2 is 1.70 bits per heavy atom. The third-order valence-electron chi connectivity index (χ3n) is 4.73. The SMILES string of the molecule is N#Cc1ccccc1NC(=O)COC(=O)c1cn(-c2ccccc2)nc1-c1ccc(F)cc1. The molecular formula is C25H17FN4O3. The van der Waals surface area contributed by atoms with Gasteiger partial charge in [-0.1, -0.05) is 30.3 Å². The van der Waals surface area contributed by atoms with Crippen molar-refractivity contribution in [2.24, 2.45) is 0 Å². The van der Waals surface area contributed by atoms with E-state index in [1.807, 2.05) is 36.4 Å². The van der Waals surface area contributed by atoms with E-state index in [9.17, 15) is 14.0 Å². The van der Waals surface area contributed by atoms with Gasteiger partial charge in [0.05, 0.1) is 16.9 Å². The summed E-state index contributed by atoms with van der Waals surface area (Å²) < 4.78 is 20.1. The fraction of sp³-hybridized carbons (Fsp3) is 0.0400. The van der Waals surface area contributed by atoms with Crippen LogP contribution in [0.2, 0.25) is 0 Å². The lowest BCUT2D eigenvalue weighted by Gasteiger charge is -2.08. The van der Waals surface area contributed by atoms with Crippen LogP contribution in [0.5, 0.6) is 0 Å². The Morgan fingerprint density at radius 1 is 1.00 bits per heavy atom. The third kappa shape index (κ3) is 4.94. The number of carbonyl (C=O) groups is 2. The Morgan fingerprint density at radius 3 is 2.42 bits per heavy atom. The Balaban J connectivity index is 1.56. The molecule has 1 heterocycles. The van der Waals surface area contributed by atoms with Gasteiger partial charge in [-0.2, -0.15) is 10.4 Å². The van der Waals surface area contributed by atoms with Crippen LogP contribution in [0.25, 0.3) is 16.9 Å². The first-order chi connectivity index (χ1) is 16.0. The van der Waals surface area contributed by atoms with Gasteiger partial charge < -0.3 is 10.1 Å². The molecule has 3 aromatic carbocycles. The molecule has 0 aliphatic carbocycles. The van der Waals surface area contributed by atoms with E-state index in [0.717, 1.165) is 0 Å². The molecule has 1 amide bonds. The van der Waals surface area contributed by atoms with Crippen LogP contribution in [0.4, 0.5) is 10.1 Å². The van der Waals surface area contributed by atoms with Crippen molar-refractivity contribution >= 4 is 17.6 Å². The predicted molar refractivity (Wildman–Crippen MR) is 119 cm³/mol. The summed E-state index contributed by atoms with van der Waals surface area (Å²) in [4.78, 5) is 25.1. The van der Waals surface area contributed by atoms with E-state index < -0.39 is 24.3 Å². The molecule has 0 aliphatic heterocycles. The van der Waals surface area contributed by atoms with Crippen LogP contribution >= 0.6 is 0 Å². The van der Waals surface area contributed by atoms with E-state index in [-0.39, 0.29) is 5.56 Å². The number of rotatable bonds is 6. The van der Waals surface area contributed by atoms with E-state index in [0.29, 0.717) is 28.2 Å². The molecular weight excluding hydrogens is 423 g/mol. The third-order valence-corrected chi connectivity index (χ3v) is 4.73. The number of carbonyl (C=O) groups excluding carboxylic acids is 2. The number of hydrogen-bond acceptors (Lipinski definition) is 5. The van der Waals surface area contributed by atoms with Gasteiger partial charge in [-0.3, -0.25) is 4.79 Å². The van der Waals surface area contributed by atoms with Crippen LogP contribution in [-0.2, 0) is 9.53 Å². The first-order valence-electron chi connectivity index (χ1n) is 9.92. The Kier molecular flexibility index (Phi) is 6.23. The molecule has 0 radical (unpaired) electrons. The van der Waals surface area contributed by atoms with Gasteiger partial charge in [-0.15, -0.1) is 0 Å². The molecule has 0 saturated carbocycles. The summed E-state index contributed by atoms with van der Waals surface area (Å²) in [5.41, 5.74) is 2.26. The lowest BCUT2D eigenvalue weighted by atomic mass is 10.1. The quantitative estimate of drug-likeness (QED) is 0.450. The number of nitrogens with zero attached hydrogens (tertiary/aromatic N) is 3. The van der Waals surface area contributed by atoms with Crippen LogP contribution in [0.15, 0.2) is 85.1 Å². The highest BCUT2D eigenvalue weighted by molar-refractivity contribution is 5.99. The van der Waals surface area contributed by atoms with Gasteiger partial charge in [0.15, 0.2) is 6.61 Å². The smallest absolute Gasteiger partial charge is 0.342 e. The molecule has 0 spiro atoms. The molecule has 1 N–H and O–H groups in total. The summed E-state index contributed by atoms with van der Waals surface area (Å²) in [6.45, 7) is -0.558. The number of amides is 1. The topological polar surface area (TPSA) is 97.0 Å². The molecule has 0 unspecified atom stereocenters. The fourth-order valence-corrected chi connectivity index (χ4v) is 3.14. The number of nitriles is 1. The summed E-state index contributed by atoms with van der Waals surface area (Å²) in [7, 11) is 0. The number of aromatic nitrogens is 2. The molecule has 0 saturated heterocycles. The molecule has 4 rings (SSSR count). The van der Waals surface area contributed by atoms with E-state index in [2.05, 4.69) is 10.4 Å². The zero-order chi connectivity index (χ0) is 23.2. The molecule has 4 aromatic rings. The normalized spacial score (nSPS) is 10.3. The van der Waals surface area contributed by atoms with Crippen molar-refractivity contribution in [3.05, 3.63) is 102 Å². The molecule has 162 valence electrons. The van der Waals surface area contributed by atoms with Crippen molar-refractivity contribution < 1.29 is 18.7 Å². The van der Waals surface area contributed by atoms with Crippen LogP contribution < -0.4 is 5.32 Å². The van der Waals surface area contributed by atoms with Gasteiger partial charge in [-0.25, -0.2) is 13.9 Å². The summed E-state index contributed by atoms with van der Waals surface area (Å²) in [5, 5.41) is 16.2. The lowest BCUT2D eigenvalue weighted by molar-refractivity contribution is -0.119. The number of nitrogens with one attached hydrogen (secondary N) is 1. The minimum absolute atomic E-state index is 0.121. The number of benzene rings is 3. The van der Waals surface area contributed by atoms with E-state index in [1.165, 1.54) is 35.1 Å². The van der Waals surface area contributed by atoms with Crippen LogP contribution in [0.1, 0.15) is 15.9 Å². The van der Waals surface area contributed by atoms with Gasteiger partial charge in [0, 0.05) is 11.8 Å². The average Bonchev–Trinajstić information content (AvgIpc) is 3.29. The molecule has 1 aromatic heterocycles. The van der Waals surface area contributed by atoms with Crippen molar-refractivity contribution in [2.75, 3.05) is 11.9 Å². The number of halogens is 1. The summed E-state index contributed by atoms with van der Waals surface area (Å²) in [6.07, 6.45) is 1.50. The van der Waals surface area contributed by atoms with Gasteiger partial charge >= 0.3 is 5.97 Å². The highest BCUT2D eigenvalue weighted by atomic mass is 19.1. The van der Waals surface area contributed by atoms with Crippen LogP contribution in [0, 0.1) is 17.1 Å². The maximum absolute atomic E-state index is 13.4. The summed E-state index contributed by atoms with van der Waals surface area (Å²) in [5.74, 6) is -1.77. The van der Waals surface area contributed by atoms with Crippen molar-refractivity contribution in [1.82, 2.24) is 9.78 Å². The second-order valence-corrected chi connectivity index (χ2v) is 6.96. The number of hydrogen-bond donors (Lipinski definition) is 1. The number of para-hydroxylation sites is 2. The van der Waals surface area contributed by atoms with Gasteiger partial charge in [-0.05, 0) is 48.5 Å². The van der Waals surface area contributed by atoms with Crippen molar-refractivity contribution in [1.29, 1.82) is 5.26 Å². The fourth-order valence-electron chi connectivity index (χ4n) is 3.14. The monoisotopic (exact) mass is 440 g/mol. The summed E-state index contributed by atoms with van der Waals surface area (Å²) >= 11 is 0. The predicted octanol–water partition coefficient (Wildman–Crippen LogP) is 4.35. The van der Waals surface area contributed by atoms with E-state index in [4.69, 9.17) is 10.00 Å². The molecule has 0 bridgehead atoms. The lowest BCUT2D eigenvalue weighted by Crippen LogP contribution is -2.21. The molecule has 8 heteroatoms. The molecule has 0 aliphatic rings. The van der Waals surface area contributed by atoms with Gasteiger partial charge in [0.2, 0.25) is 0 Å². The first-order valence-corrected chi connectivity index (χ1v) is 9.92. The minimum Gasteiger partial charge on any atom is -0.452 e. The van der Waals surface area contributed by atoms with E-state index >= 15 is 0 Å². The van der Waals surface area contributed by atoms with Crippen molar-refractivity contribution in [2.45, 2.75) is 0 Å². The largest absolute Gasteiger partial charge is 0.452 e. The summed E-state index contributed by atoms with van der Waals surface area (Å²) in [6, 6.07) is 23.2. The molecule has 33 heavy (non-hydrogen) atoms. The maximum atomic E-state index is 13.4. The second-order valence-electron chi connectivity index (χ2n) is 6.96. The Hall–Kier alpha value is -4.77. The Bertz CT molecular complexity index is 1340. The first kappa shape index (κ1) is 21.5. The number of anilines is 1. The van der Waals surface area contributed by atoms with E-state index in [1.54, 1.807) is 24.3 Å². The van der Waals surface area contributed by atoms with Gasteiger partial charge in [0.25, 0.3) is 5.91 Å². The van der Waals surface area contributed by atoms with Crippen LogP contribution in [-0.4, -0.2) is 28.3 Å². The average molecular weight is 440 g/mol. The maximum Gasteiger partial charge on any atom is 0.342 e. The minimum atomic E-state index is -0.764. The highest BCUT2D eigenvalue weighted by Crippen LogP contribution is 2.25. The number of esters is 1.